The molecule has 0 aromatic heterocycles. The Labute approximate surface area is 141 Å². The normalized spacial score (nSPS) is 14.7. The van der Waals surface area contributed by atoms with Crippen molar-refractivity contribution in [3.05, 3.63) is 60.7 Å². The maximum atomic E-state index is 9.79. The molecule has 2 nitrogen and oxygen atoms in total. The van der Waals surface area contributed by atoms with Gasteiger partial charge in [0.2, 0.25) is 0 Å². The molecule has 0 fully saturated rings. The van der Waals surface area contributed by atoms with Gasteiger partial charge in [0.15, 0.2) is 0 Å². The van der Waals surface area contributed by atoms with E-state index >= 15 is 0 Å². The lowest BCUT2D eigenvalue weighted by atomic mass is 10.1. The maximum absolute atomic E-state index is 9.79. The average Bonchev–Trinajstić information content (AvgIpc) is 2.54. The molecule has 2 rings (SSSR count). The van der Waals surface area contributed by atoms with E-state index in [-0.39, 0.29) is 23.9 Å². The van der Waals surface area contributed by atoms with Gasteiger partial charge in [0.25, 0.3) is 0 Å². The van der Waals surface area contributed by atoms with Gasteiger partial charge in [-0.2, -0.15) is 0 Å². The Morgan fingerprint density at radius 3 is 1.70 bits per heavy atom. The number of hydrogen-bond donors (Lipinski definition) is 1. The molecule has 2 atom stereocenters. The van der Waals surface area contributed by atoms with Crippen LogP contribution in [0.2, 0.25) is 0 Å². The monoisotopic (exact) mass is 328 g/mol. The second-order valence-corrected chi connectivity index (χ2v) is 10.1. The van der Waals surface area contributed by atoms with E-state index < -0.39 is 8.80 Å². The van der Waals surface area contributed by atoms with E-state index in [0.29, 0.717) is 0 Å². The number of benzene rings is 2. The first kappa shape index (κ1) is 17.9. The Kier molecular flexibility index (Phi) is 6.16. The minimum absolute atomic E-state index is 0.0461. The van der Waals surface area contributed by atoms with E-state index in [4.69, 9.17) is 4.74 Å². The summed E-state index contributed by atoms with van der Waals surface area (Å²) in [6.45, 7) is 8.49. The highest BCUT2D eigenvalue weighted by Gasteiger charge is 2.34. The molecule has 0 heterocycles. The second-order valence-electron chi connectivity index (χ2n) is 7.15. The lowest BCUT2D eigenvalue weighted by molar-refractivity contribution is -0.0529. The van der Waals surface area contributed by atoms with Crippen LogP contribution in [0.15, 0.2) is 60.7 Å². The van der Waals surface area contributed by atoms with Crippen molar-refractivity contribution in [2.24, 2.45) is 5.92 Å². The molecule has 0 saturated heterocycles. The van der Waals surface area contributed by atoms with E-state index in [2.05, 4.69) is 88.4 Å². The van der Waals surface area contributed by atoms with Crippen LogP contribution >= 0.6 is 0 Å². The maximum Gasteiger partial charge on any atom is 0.135 e. The van der Waals surface area contributed by atoms with Crippen molar-refractivity contribution in [2.45, 2.75) is 39.0 Å². The summed E-state index contributed by atoms with van der Waals surface area (Å²) in [7, 11) is -1.62. The second kappa shape index (κ2) is 7.91. The third-order valence-electron chi connectivity index (χ3n) is 3.98. The van der Waals surface area contributed by atoms with Gasteiger partial charge in [0, 0.05) is 12.5 Å². The van der Waals surface area contributed by atoms with Gasteiger partial charge in [-0.25, -0.2) is 0 Å². The van der Waals surface area contributed by atoms with Gasteiger partial charge in [-0.3, -0.25) is 0 Å². The molecule has 2 aromatic rings. The summed E-state index contributed by atoms with van der Waals surface area (Å²) in [5.74, 6) is 0.103. The zero-order chi connectivity index (χ0) is 16.9. The highest BCUT2D eigenvalue weighted by Crippen LogP contribution is 2.19. The van der Waals surface area contributed by atoms with Gasteiger partial charge in [-0.15, -0.1) is 0 Å². The fourth-order valence-electron chi connectivity index (χ4n) is 2.92. The number of aliphatic hydroxyl groups is 1. The van der Waals surface area contributed by atoms with Crippen LogP contribution in [0.5, 0.6) is 0 Å². The van der Waals surface area contributed by atoms with Crippen molar-refractivity contribution in [3.63, 3.8) is 0 Å². The van der Waals surface area contributed by atoms with Gasteiger partial charge < -0.3 is 9.84 Å². The van der Waals surface area contributed by atoms with Crippen molar-refractivity contribution in [1.82, 2.24) is 0 Å². The molecule has 124 valence electrons. The Bertz CT molecular complexity index is 538. The Hall–Kier alpha value is -1.42. The van der Waals surface area contributed by atoms with Crippen molar-refractivity contribution >= 4 is 19.2 Å². The fraction of sp³-hybridized carbons (Fsp3) is 0.400. The topological polar surface area (TPSA) is 29.5 Å². The summed E-state index contributed by atoms with van der Waals surface area (Å²) >= 11 is 0. The molecule has 0 bridgehead atoms. The van der Waals surface area contributed by atoms with Crippen LogP contribution in [-0.4, -0.2) is 31.8 Å². The first-order chi connectivity index (χ1) is 10.9. The summed E-state index contributed by atoms with van der Waals surface area (Å²) in [6, 6.07) is 21.3. The van der Waals surface area contributed by atoms with Gasteiger partial charge in [0.05, 0.1) is 11.3 Å². The highest BCUT2D eigenvalue weighted by molar-refractivity contribution is 6.86. The number of rotatable bonds is 6. The van der Waals surface area contributed by atoms with E-state index in [1.807, 2.05) is 0 Å². The summed E-state index contributed by atoms with van der Waals surface area (Å²) in [4.78, 5) is 0. The van der Waals surface area contributed by atoms with Gasteiger partial charge >= 0.3 is 0 Å². The minimum atomic E-state index is -1.62. The predicted molar refractivity (Wildman–Crippen MR) is 100 cm³/mol. The lowest BCUT2D eigenvalue weighted by Crippen LogP contribution is -2.57. The standard InChI is InChI=1S/C20H28O2Si/c1-16(15-21)19(22-20(2,3)4)23(17-11-7-5-8-12-17)18-13-9-6-10-14-18/h5-14,16,19,21,23H,15H2,1-4H3. The van der Waals surface area contributed by atoms with Crippen molar-refractivity contribution in [1.29, 1.82) is 0 Å². The smallest absolute Gasteiger partial charge is 0.135 e. The van der Waals surface area contributed by atoms with E-state index in [9.17, 15) is 5.11 Å². The molecule has 2 unspecified atom stereocenters. The van der Waals surface area contributed by atoms with Crippen LogP contribution in [0.1, 0.15) is 27.7 Å². The van der Waals surface area contributed by atoms with Crippen molar-refractivity contribution in [3.8, 4) is 0 Å². The van der Waals surface area contributed by atoms with Gasteiger partial charge in [0.1, 0.15) is 8.80 Å². The van der Waals surface area contributed by atoms with Gasteiger partial charge in [-0.1, -0.05) is 78.0 Å². The highest BCUT2D eigenvalue weighted by atomic mass is 28.3. The zero-order valence-corrected chi connectivity index (χ0v) is 15.7. The molecule has 2 aromatic carbocycles. The molecule has 0 aliphatic heterocycles. The third kappa shape index (κ3) is 5.03. The van der Waals surface area contributed by atoms with Crippen molar-refractivity contribution < 1.29 is 9.84 Å². The minimum Gasteiger partial charge on any atom is -0.396 e. The molecule has 0 aliphatic carbocycles. The van der Waals surface area contributed by atoms with Crippen LogP contribution in [0.25, 0.3) is 0 Å². The van der Waals surface area contributed by atoms with Crippen LogP contribution < -0.4 is 10.4 Å². The quantitative estimate of drug-likeness (QED) is 0.825. The van der Waals surface area contributed by atoms with E-state index in [1.165, 1.54) is 10.4 Å². The van der Waals surface area contributed by atoms with Crippen molar-refractivity contribution in [2.75, 3.05) is 6.61 Å². The molecule has 0 radical (unpaired) electrons. The lowest BCUT2D eigenvalue weighted by Gasteiger charge is -2.36. The molecule has 0 aliphatic rings. The molecule has 0 amide bonds. The zero-order valence-electron chi connectivity index (χ0n) is 14.6. The summed E-state index contributed by atoms with van der Waals surface area (Å²) in [5.41, 5.74) is -0.187. The molecular weight excluding hydrogens is 300 g/mol. The summed E-state index contributed by atoms with van der Waals surface area (Å²) in [5, 5.41) is 12.5. The van der Waals surface area contributed by atoms with Crippen LogP contribution in [-0.2, 0) is 4.74 Å². The van der Waals surface area contributed by atoms with Gasteiger partial charge in [-0.05, 0) is 20.8 Å². The van der Waals surface area contributed by atoms with Crippen LogP contribution in [0.4, 0.5) is 0 Å². The third-order valence-corrected chi connectivity index (χ3v) is 7.64. The number of aliphatic hydroxyl groups excluding tert-OH is 1. The Balaban J connectivity index is 2.49. The summed E-state index contributed by atoms with van der Waals surface area (Å²) < 4.78 is 6.46. The number of hydrogen-bond acceptors (Lipinski definition) is 2. The van der Waals surface area contributed by atoms with E-state index in [1.54, 1.807) is 0 Å². The van der Waals surface area contributed by atoms with Crippen LogP contribution in [0, 0.1) is 5.92 Å². The molecule has 0 saturated carbocycles. The Morgan fingerprint density at radius 1 is 0.913 bits per heavy atom. The fourth-order valence-corrected chi connectivity index (χ4v) is 6.66. The largest absolute Gasteiger partial charge is 0.396 e. The number of ether oxygens (including phenoxy) is 1. The first-order valence-corrected chi connectivity index (χ1v) is 10.1. The molecule has 0 spiro atoms. The molecular formula is C20H28O2Si. The van der Waals surface area contributed by atoms with E-state index in [0.717, 1.165) is 0 Å². The predicted octanol–water partition coefficient (Wildman–Crippen LogP) is 2.38. The average molecular weight is 329 g/mol. The molecule has 3 heteroatoms. The SMILES string of the molecule is CC(CO)C(OC(C)(C)C)[SiH](c1ccccc1)c1ccccc1. The first-order valence-electron chi connectivity index (χ1n) is 8.31. The molecule has 23 heavy (non-hydrogen) atoms. The summed E-state index contributed by atoms with van der Waals surface area (Å²) in [6.07, 6.45) is 0. The molecule has 1 N–H and O–H groups in total. The van der Waals surface area contributed by atoms with Crippen LogP contribution in [0.3, 0.4) is 0 Å². The Morgan fingerprint density at radius 2 is 1.35 bits per heavy atom.